The zero-order valence-electron chi connectivity index (χ0n) is 15.2. The number of amides is 3. The molecule has 1 N–H and O–H groups in total. The number of hydrogen-bond acceptors (Lipinski definition) is 4. The SMILES string of the molecule is O=C1CO[C@@H]2CCN(C(=O)N3CC(c4ccc(OC(F)(F)F)c(Cl)c4)C3)C[C@H]2N1. The van der Waals surface area contributed by atoms with Gasteiger partial charge in [0.1, 0.15) is 12.4 Å². The Labute approximate surface area is 169 Å². The van der Waals surface area contributed by atoms with Crippen molar-refractivity contribution in [3.05, 3.63) is 28.8 Å². The summed E-state index contributed by atoms with van der Waals surface area (Å²) in [5.74, 6) is -0.638. The minimum atomic E-state index is -4.80. The number of likely N-dealkylation sites (tertiary alicyclic amines) is 2. The van der Waals surface area contributed by atoms with Crippen LogP contribution in [0.15, 0.2) is 18.2 Å². The third-order valence-corrected chi connectivity index (χ3v) is 5.70. The Balaban J connectivity index is 1.32. The number of carbonyl (C=O) groups is 2. The van der Waals surface area contributed by atoms with Crippen LogP contribution in [-0.2, 0) is 9.53 Å². The molecule has 3 aliphatic heterocycles. The number of fused-ring (bicyclic) bond motifs is 1. The first-order valence-corrected chi connectivity index (χ1v) is 9.57. The van der Waals surface area contributed by atoms with E-state index in [0.29, 0.717) is 32.6 Å². The van der Waals surface area contributed by atoms with E-state index in [2.05, 4.69) is 10.1 Å². The quantitative estimate of drug-likeness (QED) is 0.777. The zero-order chi connectivity index (χ0) is 20.8. The van der Waals surface area contributed by atoms with Crippen molar-refractivity contribution in [2.24, 2.45) is 0 Å². The number of hydrogen-bond donors (Lipinski definition) is 1. The van der Waals surface area contributed by atoms with Gasteiger partial charge in [-0.05, 0) is 24.1 Å². The number of rotatable bonds is 2. The highest BCUT2D eigenvalue weighted by molar-refractivity contribution is 6.32. The summed E-state index contributed by atoms with van der Waals surface area (Å²) in [6, 6.07) is 3.83. The number of alkyl halides is 3. The first-order valence-electron chi connectivity index (χ1n) is 9.19. The minimum absolute atomic E-state index is 0.00774. The van der Waals surface area contributed by atoms with Crippen molar-refractivity contribution in [3.63, 3.8) is 0 Å². The van der Waals surface area contributed by atoms with E-state index < -0.39 is 12.1 Å². The minimum Gasteiger partial charge on any atom is -0.404 e. The molecule has 0 aromatic heterocycles. The second-order valence-corrected chi connectivity index (χ2v) is 7.79. The van der Waals surface area contributed by atoms with Crippen molar-refractivity contribution in [1.82, 2.24) is 15.1 Å². The smallest absolute Gasteiger partial charge is 0.404 e. The van der Waals surface area contributed by atoms with Crippen LogP contribution >= 0.6 is 11.6 Å². The molecule has 4 rings (SSSR count). The van der Waals surface area contributed by atoms with E-state index in [1.807, 2.05) is 0 Å². The number of urea groups is 1. The van der Waals surface area contributed by atoms with Gasteiger partial charge in [-0.1, -0.05) is 17.7 Å². The van der Waals surface area contributed by atoms with Gasteiger partial charge in [0.15, 0.2) is 0 Å². The van der Waals surface area contributed by atoms with Gasteiger partial charge in [0.05, 0.1) is 17.2 Å². The van der Waals surface area contributed by atoms with Gasteiger partial charge in [0.25, 0.3) is 0 Å². The molecule has 0 saturated carbocycles. The highest BCUT2D eigenvalue weighted by atomic mass is 35.5. The predicted molar refractivity (Wildman–Crippen MR) is 95.7 cm³/mol. The number of morpholine rings is 1. The van der Waals surface area contributed by atoms with Crippen LogP contribution in [0.1, 0.15) is 17.9 Å². The van der Waals surface area contributed by atoms with Crippen LogP contribution < -0.4 is 10.1 Å². The lowest BCUT2D eigenvalue weighted by molar-refractivity contribution is -0.274. The molecule has 3 heterocycles. The van der Waals surface area contributed by atoms with E-state index >= 15 is 0 Å². The molecule has 29 heavy (non-hydrogen) atoms. The average molecular weight is 434 g/mol. The van der Waals surface area contributed by atoms with Crippen LogP contribution in [0.2, 0.25) is 5.02 Å². The molecule has 2 atom stereocenters. The molecular formula is C18H19ClF3N3O4. The molecule has 0 aliphatic carbocycles. The Bertz CT molecular complexity index is 816. The third-order valence-electron chi connectivity index (χ3n) is 5.40. The van der Waals surface area contributed by atoms with Gasteiger partial charge < -0.3 is 24.6 Å². The normalized spacial score (nSPS) is 25.2. The fourth-order valence-corrected chi connectivity index (χ4v) is 4.13. The maximum Gasteiger partial charge on any atom is 0.573 e. The van der Waals surface area contributed by atoms with Gasteiger partial charge in [-0.2, -0.15) is 0 Å². The summed E-state index contributed by atoms with van der Waals surface area (Å²) < 4.78 is 46.4. The fourth-order valence-electron chi connectivity index (χ4n) is 3.90. The maximum absolute atomic E-state index is 12.7. The van der Waals surface area contributed by atoms with Gasteiger partial charge in [-0.15, -0.1) is 13.2 Å². The van der Waals surface area contributed by atoms with Crippen LogP contribution in [0, 0.1) is 0 Å². The summed E-state index contributed by atoms with van der Waals surface area (Å²) >= 11 is 5.90. The lowest BCUT2D eigenvalue weighted by atomic mass is 9.91. The third kappa shape index (κ3) is 4.37. The van der Waals surface area contributed by atoms with Crippen molar-refractivity contribution in [1.29, 1.82) is 0 Å². The van der Waals surface area contributed by atoms with Crippen LogP contribution in [0.3, 0.4) is 0 Å². The summed E-state index contributed by atoms with van der Waals surface area (Å²) in [6.45, 7) is 1.89. The zero-order valence-corrected chi connectivity index (χ0v) is 16.0. The Morgan fingerprint density at radius 2 is 2.00 bits per heavy atom. The predicted octanol–water partition coefficient (Wildman–Crippen LogP) is 2.35. The molecule has 158 valence electrons. The number of piperidine rings is 1. The summed E-state index contributed by atoms with van der Waals surface area (Å²) in [5.41, 5.74) is 0.750. The summed E-state index contributed by atoms with van der Waals surface area (Å²) in [7, 11) is 0. The lowest BCUT2D eigenvalue weighted by Crippen LogP contribution is -2.63. The van der Waals surface area contributed by atoms with Crippen molar-refractivity contribution in [3.8, 4) is 5.75 Å². The van der Waals surface area contributed by atoms with E-state index in [0.717, 1.165) is 5.56 Å². The Morgan fingerprint density at radius 3 is 2.69 bits per heavy atom. The number of halogens is 4. The number of carbonyl (C=O) groups excluding carboxylic acids is 2. The van der Waals surface area contributed by atoms with Crippen LogP contribution in [0.4, 0.5) is 18.0 Å². The second-order valence-electron chi connectivity index (χ2n) is 7.38. The number of nitrogens with one attached hydrogen (secondary N) is 1. The molecule has 0 unspecified atom stereocenters. The molecule has 11 heteroatoms. The van der Waals surface area contributed by atoms with E-state index in [1.54, 1.807) is 9.80 Å². The molecule has 1 aromatic rings. The van der Waals surface area contributed by atoms with Gasteiger partial charge in [0, 0.05) is 32.1 Å². The van der Waals surface area contributed by atoms with E-state index in [4.69, 9.17) is 16.3 Å². The number of ether oxygens (including phenoxy) is 2. The largest absolute Gasteiger partial charge is 0.573 e. The summed E-state index contributed by atoms with van der Waals surface area (Å²) in [6.07, 6.45) is -4.22. The highest BCUT2D eigenvalue weighted by Gasteiger charge is 2.40. The number of nitrogens with zero attached hydrogens (tertiary/aromatic N) is 2. The molecular weight excluding hydrogens is 415 g/mol. The maximum atomic E-state index is 12.7. The first-order chi connectivity index (χ1) is 13.7. The first kappa shape index (κ1) is 20.1. The van der Waals surface area contributed by atoms with E-state index in [1.165, 1.54) is 18.2 Å². The molecule has 3 amide bonds. The van der Waals surface area contributed by atoms with Crippen molar-refractivity contribution in [2.45, 2.75) is 30.8 Å². The molecule has 7 nitrogen and oxygen atoms in total. The molecule has 0 radical (unpaired) electrons. The molecule has 0 bridgehead atoms. The summed E-state index contributed by atoms with van der Waals surface area (Å²) in [5, 5.41) is 2.73. The van der Waals surface area contributed by atoms with Crippen LogP contribution in [0.5, 0.6) is 5.75 Å². The Kier molecular flexibility index (Phi) is 5.24. The van der Waals surface area contributed by atoms with Crippen molar-refractivity contribution < 1.29 is 32.2 Å². The molecule has 3 fully saturated rings. The van der Waals surface area contributed by atoms with Gasteiger partial charge in [0.2, 0.25) is 5.91 Å². The fraction of sp³-hybridized carbons (Fsp3) is 0.556. The summed E-state index contributed by atoms with van der Waals surface area (Å²) in [4.78, 5) is 27.6. The van der Waals surface area contributed by atoms with Gasteiger partial charge in [-0.3, -0.25) is 4.79 Å². The monoisotopic (exact) mass is 433 g/mol. The van der Waals surface area contributed by atoms with E-state index in [-0.39, 0.29) is 41.6 Å². The van der Waals surface area contributed by atoms with Gasteiger partial charge in [-0.25, -0.2) is 4.79 Å². The van der Waals surface area contributed by atoms with Crippen LogP contribution in [0.25, 0.3) is 0 Å². The molecule has 0 spiro atoms. The molecule has 3 aliphatic rings. The number of benzene rings is 1. The van der Waals surface area contributed by atoms with Crippen molar-refractivity contribution >= 4 is 23.5 Å². The standard InChI is InChI=1S/C18H19ClF3N3O4/c19-12-5-10(1-2-14(12)29-18(20,21)22)11-6-25(7-11)17(27)24-4-3-15-13(8-24)23-16(26)9-28-15/h1-2,5,11,13,15H,3-4,6-9H2,(H,23,26)/t13-,15-/m1/s1. The van der Waals surface area contributed by atoms with Gasteiger partial charge >= 0.3 is 12.4 Å². The molecule has 3 saturated heterocycles. The highest BCUT2D eigenvalue weighted by Crippen LogP contribution is 2.35. The Morgan fingerprint density at radius 1 is 1.24 bits per heavy atom. The van der Waals surface area contributed by atoms with Crippen LogP contribution in [-0.4, -0.2) is 73.0 Å². The molecule has 1 aromatic carbocycles. The lowest BCUT2D eigenvalue weighted by Gasteiger charge is -2.46. The van der Waals surface area contributed by atoms with E-state index in [9.17, 15) is 22.8 Å². The second kappa shape index (κ2) is 7.56. The average Bonchev–Trinajstić information content (AvgIpc) is 2.61. The topological polar surface area (TPSA) is 71.1 Å². The Hall–Kier alpha value is -2.20. The van der Waals surface area contributed by atoms with Crippen molar-refractivity contribution in [2.75, 3.05) is 32.8 Å².